The van der Waals surface area contributed by atoms with Crippen molar-refractivity contribution in [3.05, 3.63) is 0 Å². The molecule has 1 aliphatic heterocycles. The van der Waals surface area contributed by atoms with E-state index in [0.717, 1.165) is 32.1 Å². The molecule has 3 unspecified atom stereocenters. The zero-order chi connectivity index (χ0) is 19.0. The van der Waals surface area contributed by atoms with Crippen molar-refractivity contribution in [2.24, 2.45) is 22.2 Å². The van der Waals surface area contributed by atoms with Gasteiger partial charge in [-0.25, -0.2) is 0 Å². The number of likely N-dealkylation sites (N-methyl/N-ethyl adjacent to an activating group) is 1. The summed E-state index contributed by atoms with van der Waals surface area (Å²) in [4.78, 5) is 6.70. The van der Waals surface area contributed by atoms with Crippen LogP contribution >= 0.6 is 0 Å². The van der Waals surface area contributed by atoms with Crippen LogP contribution in [-0.4, -0.2) is 63.8 Å². The lowest BCUT2D eigenvalue weighted by Crippen LogP contribution is -2.49. The van der Waals surface area contributed by atoms with Gasteiger partial charge in [-0.2, -0.15) is 0 Å². The zero-order valence-electron chi connectivity index (χ0n) is 17.9. The normalized spacial score (nSPS) is 23.8. The van der Waals surface area contributed by atoms with Crippen LogP contribution in [0, 0.1) is 17.3 Å². The van der Waals surface area contributed by atoms with Crippen LogP contribution in [0.25, 0.3) is 0 Å². The van der Waals surface area contributed by atoms with E-state index in [2.05, 4.69) is 69.2 Å². The Hall–Kier alpha value is -0.810. The first-order valence-electron chi connectivity index (χ1n) is 9.87. The van der Waals surface area contributed by atoms with Gasteiger partial charge in [0.25, 0.3) is 0 Å². The summed E-state index contributed by atoms with van der Waals surface area (Å²) in [7, 11) is 6.15. The van der Waals surface area contributed by atoms with Gasteiger partial charge in [0.15, 0.2) is 5.96 Å². The molecule has 1 saturated heterocycles. The Morgan fingerprint density at radius 3 is 2.44 bits per heavy atom. The summed E-state index contributed by atoms with van der Waals surface area (Å²) < 4.78 is 6.09. The maximum absolute atomic E-state index is 6.09. The number of ether oxygens (including phenoxy) is 1. The highest BCUT2D eigenvalue weighted by atomic mass is 16.5. The van der Waals surface area contributed by atoms with Crippen molar-refractivity contribution in [2.75, 3.05) is 40.8 Å². The SMILES string of the molecule is CN=C(NCC1CCCOC1C(C)(C)C)NCC(CC(C)C)N(C)C. The smallest absolute Gasteiger partial charge is 0.191 e. The molecule has 5 nitrogen and oxygen atoms in total. The second-order valence-corrected chi connectivity index (χ2v) is 9.14. The quantitative estimate of drug-likeness (QED) is 0.545. The van der Waals surface area contributed by atoms with Crippen LogP contribution in [0.4, 0.5) is 0 Å². The molecule has 3 atom stereocenters. The molecule has 0 radical (unpaired) electrons. The van der Waals surface area contributed by atoms with Crippen LogP contribution in [-0.2, 0) is 4.74 Å². The van der Waals surface area contributed by atoms with E-state index < -0.39 is 0 Å². The van der Waals surface area contributed by atoms with Crippen LogP contribution in [0.1, 0.15) is 53.9 Å². The molecule has 0 aliphatic carbocycles. The van der Waals surface area contributed by atoms with E-state index in [4.69, 9.17) is 4.74 Å². The number of hydrogen-bond donors (Lipinski definition) is 2. The maximum atomic E-state index is 6.09. The third-order valence-electron chi connectivity index (χ3n) is 5.03. The topological polar surface area (TPSA) is 48.9 Å². The summed E-state index contributed by atoms with van der Waals surface area (Å²) in [5.41, 5.74) is 0.178. The highest BCUT2D eigenvalue weighted by molar-refractivity contribution is 5.79. The number of aliphatic imine (C=N–C) groups is 1. The number of nitrogens with zero attached hydrogens (tertiary/aromatic N) is 2. The van der Waals surface area contributed by atoms with Crippen molar-refractivity contribution in [3.63, 3.8) is 0 Å². The minimum atomic E-state index is 0.178. The van der Waals surface area contributed by atoms with Crippen molar-refractivity contribution in [3.8, 4) is 0 Å². The van der Waals surface area contributed by atoms with Crippen molar-refractivity contribution < 1.29 is 4.74 Å². The molecule has 0 saturated carbocycles. The Balaban J connectivity index is 2.52. The molecule has 0 spiro atoms. The van der Waals surface area contributed by atoms with Gasteiger partial charge in [-0.05, 0) is 44.7 Å². The van der Waals surface area contributed by atoms with Gasteiger partial charge in [-0.3, -0.25) is 4.99 Å². The molecule has 0 aromatic carbocycles. The lowest BCUT2D eigenvalue weighted by Gasteiger charge is -2.40. The second kappa shape index (κ2) is 10.4. The summed E-state index contributed by atoms with van der Waals surface area (Å²) in [6, 6.07) is 0.513. The van der Waals surface area contributed by atoms with Crippen LogP contribution in [0.15, 0.2) is 4.99 Å². The van der Waals surface area contributed by atoms with Crippen molar-refractivity contribution in [1.29, 1.82) is 0 Å². The van der Waals surface area contributed by atoms with Crippen LogP contribution in [0.3, 0.4) is 0 Å². The fourth-order valence-electron chi connectivity index (χ4n) is 3.69. The van der Waals surface area contributed by atoms with Crippen LogP contribution < -0.4 is 10.6 Å². The monoisotopic (exact) mass is 354 g/mol. The third kappa shape index (κ3) is 7.95. The summed E-state index contributed by atoms with van der Waals surface area (Å²) in [6.45, 7) is 14.1. The Kier molecular flexibility index (Phi) is 9.22. The minimum Gasteiger partial charge on any atom is -0.377 e. The fraction of sp³-hybridized carbons (Fsp3) is 0.950. The van der Waals surface area contributed by atoms with E-state index in [1.165, 1.54) is 12.8 Å². The van der Waals surface area contributed by atoms with Gasteiger partial charge >= 0.3 is 0 Å². The molecular weight excluding hydrogens is 312 g/mol. The molecule has 0 aromatic heterocycles. The number of guanidine groups is 1. The van der Waals surface area contributed by atoms with Crippen LogP contribution in [0.2, 0.25) is 0 Å². The minimum absolute atomic E-state index is 0.178. The highest BCUT2D eigenvalue weighted by Gasteiger charge is 2.35. The summed E-state index contributed by atoms with van der Waals surface area (Å²) in [5.74, 6) is 2.12. The van der Waals surface area contributed by atoms with Gasteiger partial charge in [-0.1, -0.05) is 34.6 Å². The largest absolute Gasteiger partial charge is 0.377 e. The van der Waals surface area contributed by atoms with Gasteiger partial charge in [0.1, 0.15) is 0 Å². The molecule has 0 bridgehead atoms. The summed E-state index contributed by atoms with van der Waals surface area (Å²) in [6.07, 6.45) is 3.86. The van der Waals surface area contributed by atoms with E-state index in [9.17, 15) is 0 Å². The first-order chi connectivity index (χ1) is 11.6. The Bertz CT molecular complexity index is 401. The summed E-state index contributed by atoms with van der Waals surface area (Å²) in [5, 5.41) is 7.03. The highest BCUT2D eigenvalue weighted by Crippen LogP contribution is 2.33. The molecule has 148 valence electrons. The number of nitrogens with one attached hydrogen (secondary N) is 2. The molecule has 1 heterocycles. The molecule has 0 amide bonds. The van der Waals surface area contributed by atoms with Gasteiger partial charge < -0.3 is 20.3 Å². The van der Waals surface area contributed by atoms with Crippen molar-refractivity contribution in [2.45, 2.75) is 66.0 Å². The predicted molar refractivity (Wildman–Crippen MR) is 108 cm³/mol. The summed E-state index contributed by atoms with van der Waals surface area (Å²) >= 11 is 0. The van der Waals surface area contributed by atoms with E-state index in [0.29, 0.717) is 24.0 Å². The molecule has 1 fully saturated rings. The average Bonchev–Trinajstić information content (AvgIpc) is 2.52. The maximum Gasteiger partial charge on any atom is 0.191 e. The average molecular weight is 355 g/mol. The lowest BCUT2D eigenvalue weighted by atomic mass is 9.78. The van der Waals surface area contributed by atoms with Crippen molar-refractivity contribution in [1.82, 2.24) is 15.5 Å². The first-order valence-corrected chi connectivity index (χ1v) is 9.87. The van der Waals surface area contributed by atoms with Crippen LogP contribution in [0.5, 0.6) is 0 Å². The Morgan fingerprint density at radius 1 is 1.24 bits per heavy atom. The second-order valence-electron chi connectivity index (χ2n) is 9.14. The third-order valence-corrected chi connectivity index (χ3v) is 5.03. The molecule has 1 aliphatic rings. The first kappa shape index (κ1) is 22.2. The Labute approximate surface area is 156 Å². The van der Waals surface area contributed by atoms with Crippen molar-refractivity contribution >= 4 is 5.96 Å². The fourth-order valence-corrected chi connectivity index (χ4v) is 3.69. The predicted octanol–water partition coefficient (Wildman–Crippen LogP) is 2.97. The standard InChI is InChI=1S/C20H42N4O/c1-15(2)12-17(24(7)8)14-23-19(21-6)22-13-16-10-9-11-25-18(16)20(3,4)5/h15-18H,9-14H2,1-8H3,(H2,21,22,23). The molecule has 1 rings (SSSR count). The van der Waals surface area contributed by atoms with Gasteiger partial charge in [0, 0.05) is 38.7 Å². The Morgan fingerprint density at radius 2 is 1.92 bits per heavy atom. The molecular formula is C20H42N4O. The van der Waals surface area contributed by atoms with E-state index >= 15 is 0 Å². The van der Waals surface area contributed by atoms with Gasteiger partial charge in [-0.15, -0.1) is 0 Å². The molecule has 0 aromatic rings. The number of hydrogen-bond acceptors (Lipinski definition) is 3. The number of rotatable bonds is 7. The zero-order valence-corrected chi connectivity index (χ0v) is 17.9. The van der Waals surface area contributed by atoms with Gasteiger partial charge in [0.05, 0.1) is 6.10 Å². The molecule has 5 heteroatoms. The molecule has 2 N–H and O–H groups in total. The van der Waals surface area contributed by atoms with E-state index in [1.54, 1.807) is 0 Å². The molecule has 25 heavy (non-hydrogen) atoms. The lowest BCUT2D eigenvalue weighted by molar-refractivity contribution is -0.0835. The van der Waals surface area contributed by atoms with E-state index in [1.807, 2.05) is 7.05 Å². The van der Waals surface area contributed by atoms with Gasteiger partial charge in [0.2, 0.25) is 0 Å². The van der Waals surface area contributed by atoms with E-state index in [-0.39, 0.29) is 5.41 Å².